The van der Waals surface area contributed by atoms with E-state index in [1.54, 1.807) is 6.20 Å². The zero-order valence-corrected chi connectivity index (χ0v) is 12.3. The molecule has 2 heterocycles. The number of amides is 1. The van der Waals surface area contributed by atoms with Gasteiger partial charge in [0, 0.05) is 6.20 Å². The van der Waals surface area contributed by atoms with E-state index in [1.165, 1.54) is 5.56 Å². The molecule has 0 radical (unpaired) electrons. The number of benzene rings is 1. The van der Waals surface area contributed by atoms with E-state index in [4.69, 9.17) is 4.74 Å². The first-order chi connectivity index (χ1) is 10.7. The Morgan fingerprint density at radius 3 is 2.77 bits per heavy atom. The summed E-state index contributed by atoms with van der Waals surface area (Å²) in [4.78, 5) is 16.2. The Morgan fingerprint density at radius 1 is 1.23 bits per heavy atom. The molecule has 5 heteroatoms. The maximum atomic E-state index is 11.9. The van der Waals surface area contributed by atoms with E-state index in [-0.39, 0.29) is 12.5 Å². The Morgan fingerprint density at radius 2 is 2.05 bits per heavy atom. The van der Waals surface area contributed by atoms with Crippen molar-refractivity contribution in [3.63, 3.8) is 0 Å². The molecular weight excluding hydrogens is 278 g/mol. The highest BCUT2D eigenvalue weighted by Gasteiger charge is 2.07. The third kappa shape index (κ3) is 3.25. The Bertz CT molecular complexity index is 745. The second-order valence-electron chi connectivity index (χ2n) is 4.93. The van der Waals surface area contributed by atoms with Gasteiger partial charge in [-0.1, -0.05) is 25.1 Å². The van der Waals surface area contributed by atoms with Crippen molar-refractivity contribution >= 4 is 17.4 Å². The van der Waals surface area contributed by atoms with Gasteiger partial charge in [-0.3, -0.25) is 4.79 Å². The summed E-state index contributed by atoms with van der Waals surface area (Å²) in [5.41, 5.74) is 2.02. The zero-order chi connectivity index (χ0) is 15.4. The highest BCUT2D eigenvalue weighted by atomic mass is 16.5. The Hall–Kier alpha value is -2.82. The molecule has 0 aliphatic rings. The Balaban J connectivity index is 1.57. The number of nitrogens with one attached hydrogen (secondary N) is 1. The molecule has 0 bridgehead atoms. The predicted molar refractivity (Wildman–Crippen MR) is 85.1 cm³/mol. The second kappa shape index (κ2) is 6.30. The van der Waals surface area contributed by atoms with Crippen molar-refractivity contribution in [2.75, 3.05) is 11.9 Å². The van der Waals surface area contributed by atoms with E-state index >= 15 is 0 Å². The van der Waals surface area contributed by atoms with Crippen LogP contribution in [0.5, 0.6) is 5.75 Å². The standard InChI is InChI=1S/C17H17N3O2/c1-2-13-6-8-14(9-7-13)22-12-17(21)19-15-11-20-10-4-3-5-16(20)18-15/h3-11H,2,12H2,1H3,(H,19,21). The fraction of sp³-hybridized carbons (Fsp3) is 0.176. The SMILES string of the molecule is CCc1ccc(OCC(=O)Nc2cn3ccccc3n2)cc1. The van der Waals surface area contributed by atoms with Crippen LogP contribution in [0.4, 0.5) is 5.82 Å². The first-order valence-electron chi connectivity index (χ1n) is 7.20. The van der Waals surface area contributed by atoms with E-state index in [9.17, 15) is 4.79 Å². The van der Waals surface area contributed by atoms with Gasteiger partial charge in [-0.05, 0) is 36.2 Å². The number of carbonyl (C=O) groups is 1. The number of aryl methyl sites for hydroxylation is 1. The van der Waals surface area contributed by atoms with Crippen LogP contribution < -0.4 is 10.1 Å². The number of nitrogens with zero attached hydrogens (tertiary/aromatic N) is 2. The van der Waals surface area contributed by atoms with Crippen LogP contribution in [0.1, 0.15) is 12.5 Å². The quantitative estimate of drug-likeness (QED) is 0.787. The van der Waals surface area contributed by atoms with E-state index in [0.717, 1.165) is 12.1 Å². The van der Waals surface area contributed by atoms with Gasteiger partial charge in [0.05, 0.1) is 6.20 Å². The molecule has 1 amide bonds. The monoisotopic (exact) mass is 295 g/mol. The van der Waals surface area contributed by atoms with Crippen molar-refractivity contribution in [2.45, 2.75) is 13.3 Å². The van der Waals surface area contributed by atoms with Crippen LogP contribution in [0.25, 0.3) is 5.65 Å². The van der Waals surface area contributed by atoms with Gasteiger partial charge in [0.1, 0.15) is 11.4 Å². The minimum atomic E-state index is -0.233. The number of fused-ring (bicyclic) bond motifs is 1. The number of ether oxygens (including phenoxy) is 1. The van der Waals surface area contributed by atoms with Crippen molar-refractivity contribution in [1.29, 1.82) is 0 Å². The number of hydrogen-bond acceptors (Lipinski definition) is 3. The molecule has 112 valence electrons. The fourth-order valence-electron chi connectivity index (χ4n) is 2.14. The molecular formula is C17H17N3O2. The molecule has 0 aliphatic carbocycles. The molecule has 0 saturated heterocycles. The van der Waals surface area contributed by atoms with Crippen LogP contribution in [0, 0.1) is 0 Å². The summed E-state index contributed by atoms with van der Waals surface area (Å²) in [6.07, 6.45) is 4.63. The fourth-order valence-corrected chi connectivity index (χ4v) is 2.14. The van der Waals surface area contributed by atoms with Gasteiger partial charge in [0.2, 0.25) is 0 Å². The van der Waals surface area contributed by atoms with Gasteiger partial charge in [-0.15, -0.1) is 0 Å². The highest BCUT2D eigenvalue weighted by molar-refractivity contribution is 5.91. The van der Waals surface area contributed by atoms with Crippen LogP contribution in [0.15, 0.2) is 54.9 Å². The maximum Gasteiger partial charge on any atom is 0.263 e. The molecule has 0 unspecified atom stereocenters. The lowest BCUT2D eigenvalue weighted by atomic mass is 10.2. The van der Waals surface area contributed by atoms with E-state index in [2.05, 4.69) is 17.2 Å². The average Bonchev–Trinajstić information content (AvgIpc) is 2.95. The minimum Gasteiger partial charge on any atom is -0.484 e. The van der Waals surface area contributed by atoms with Crippen LogP contribution in [0.2, 0.25) is 0 Å². The van der Waals surface area contributed by atoms with Crippen molar-refractivity contribution in [2.24, 2.45) is 0 Å². The summed E-state index contributed by atoms with van der Waals surface area (Å²) in [7, 11) is 0. The largest absolute Gasteiger partial charge is 0.484 e. The number of carbonyl (C=O) groups excluding carboxylic acids is 1. The summed E-state index contributed by atoms with van der Waals surface area (Å²) in [6, 6.07) is 13.4. The molecule has 5 nitrogen and oxygen atoms in total. The predicted octanol–water partition coefficient (Wildman–Crippen LogP) is 2.91. The first-order valence-corrected chi connectivity index (χ1v) is 7.20. The van der Waals surface area contributed by atoms with Crippen LogP contribution >= 0.6 is 0 Å². The summed E-state index contributed by atoms with van der Waals surface area (Å²) >= 11 is 0. The molecule has 0 atom stereocenters. The van der Waals surface area contributed by atoms with Gasteiger partial charge in [0.15, 0.2) is 12.4 Å². The highest BCUT2D eigenvalue weighted by Crippen LogP contribution is 2.13. The number of imidazole rings is 1. The number of rotatable bonds is 5. The topological polar surface area (TPSA) is 55.6 Å². The van der Waals surface area contributed by atoms with E-state index in [0.29, 0.717) is 11.6 Å². The molecule has 3 rings (SSSR count). The van der Waals surface area contributed by atoms with Gasteiger partial charge in [-0.25, -0.2) is 4.98 Å². The Kier molecular flexibility index (Phi) is 4.05. The van der Waals surface area contributed by atoms with E-state index < -0.39 is 0 Å². The van der Waals surface area contributed by atoms with Crippen molar-refractivity contribution in [3.05, 3.63) is 60.4 Å². The van der Waals surface area contributed by atoms with Gasteiger partial charge in [0.25, 0.3) is 5.91 Å². The molecule has 0 saturated carbocycles. The van der Waals surface area contributed by atoms with Crippen LogP contribution in [-0.4, -0.2) is 21.9 Å². The number of aromatic nitrogens is 2. The Labute approximate surface area is 128 Å². The summed E-state index contributed by atoms with van der Waals surface area (Å²) in [5.74, 6) is 0.964. The lowest BCUT2D eigenvalue weighted by molar-refractivity contribution is -0.118. The zero-order valence-electron chi connectivity index (χ0n) is 12.3. The molecule has 22 heavy (non-hydrogen) atoms. The van der Waals surface area contributed by atoms with Crippen LogP contribution in [0.3, 0.4) is 0 Å². The third-order valence-electron chi connectivity index (χ3n) is 3.33. The van der Waals surface area contributed by atoms with Gasteiger partial charge >= 0.3 is 0 Å². The lowest BCUT2D eigenvalue weighted by Gasteiger charge is -2.06. The first kappa shape index (κ1) is 14.1. The molecule has 0 fully saturated rings. The number of anilines is 1. The summed E-state index contributed by atoms with van der Waals surface area (Å²) in [6.45, 7) is 2.05. The van der Waals surface area contributed by atoms with E-state index in [1.807, 2.05) is 53.1 Å². The van der Waals surface area contributed by atoms with Gasteiger partial charge < -0.3 is 14.5 Å². The van der Waals surface area contributed by atoms with Gasteiger partial charge in [-0.2, -0.15) is 0 Å². The molecule has 3 aromatic rings. The number of pyridine rings is 1. The summed E-state index contributed by atoms with van der Waals surface area (Å²) in [5, 5.41) is 2.73. The summed E-state index contributed by atoms with van der Waals surface area (Å²) < 4.78 is 7.31. The molecule has 0 spiro atoms. The van der Waals surface area contributed by atoms with Crippen molar-refractivity contribution < 1.29 is 9.53 Å². The smallest absolute Gasteiger partial charge is 0.263 e. The molecule has 0 aliphatic heterocycles. The molecule has 1 N–H and O–H groups in total. The van der Waals surface area contributed by atoms with Crippen molar-refractivity contribution in [3.8, 4) is 5.75 Å². The third-order valence-corrected chi connectivity index (χ3v) is 3.33. The minimum absolute atomic E-state index is 0.0423. The molecule has 2 aromatic heterocycles. The molecule has 1 aromatic carbocycles. The number of hydrogen-bond donors (Lipinski definition) is 1. The average molecular weight is 295 g/mol. The second-order valence-corrected chi connectivity index (χ2v) is 4.93. The maximum absolute atomic E-state index is 11.9. The normalized spacial score (nSPS) is 10.6. The lowest BCUT2D eigenvalue weighted by Crippen LogP contribution is -2.20. The van der Waals surface area contributed by atoms with Crippen molar-refractivity contribution in [1.82, 2.24) is 9.38 Å². The van der Waals surface area contributed by atoms with Crippen LogP contribution in [-0.2, 0) is 11.2 Å².